The normalized spacial score (nSPS) is 13.2. The van der Waals surface area contributed by atoms with E-state index in [2.05, 4.69) is 20.3 Å². The molecule has 0 bridgehead atoms. The van der Waals surface area contributed by atoms with Gasteiger partial charge in [0.05, 0.1) is 29.7 Å². The Balaban J connectivity index is 1.53. The highest BCUT2D eigenvalue weighted by Gasteiger charge is 2.29. The molecule has 4 heterocycles. The van der Waals surface area contributed by atoms with Crippen molar-refractivity contribution < 1.29 is 9.53 Å². The van der Waals surface area contributed by atoms with Gasteiger partial charge < -0.3 is 20.7 Å². The molecule has 3 N–H and O–H groups in total. The molecule has 1 saturated heterocycles. The number of nitrogen functional groups attached to an aromatic ring is 1. The number of carbonyl (C=O) groups excluding carboxylic acids is 1. The van der Waals surface area contributed by atoms with Crippen LogP contribution in [-0.4, -0.2) is 55.5 Å². The number of para-hydroxylation sites is 1. The number of nitrogens with one attached hydrogen (secondary N) is 1. The summed E-state index contributed by atoms with van der Waals surface area (Å²) in [6.07, 6.45) is 3.06. The van der Waals surface area contributed by atoms with E-state index in [-0.39, 0.29) is 23.2 Å². The maximum absolute atomic E-state index is 14.3. The summed E-state index contributed by atoms with van der Waals surface area (Å²) in [5.41, 5.74) is 8.61. The number of anilines is 2. The van der Waals surface area contributed by atoms with Gasteiger partial charge in [0.2, 0.25) is 11.8 Å². The molecule has 1 atom stereocenters. The van der Waals surface area contributed by atoms with Crippen LogP contribution in [0.3, 0.4) is 0 Å². The molecular formula is C29H26N8O3. The van der Waals surface area contributed by atoms with Crippen LogP contribution in [-0.2, 0) is 0 Å². The number of fused-ring (bicyclic) bond motifs is 1. The first-order chi connectivity index (χ1) is 19.4. The molecular weight excluding hydrogens is 508 g/mol. The summed E-state index contributed by atoms with van der Waals surface area (Å²) in [4.78, 5) is 46.3. The van der Waals surface area contributed by atoms with Gasteiger partial charge in [0.1, 0.15) is 17.2 Å². The fraction of sp³-hybridized carbons (Fsp3) is 0.172. The lowest BCUT2D eigenvalue weighted by Gasteiger charge is -2.21. The molecule has 6 rings (SSSR count). The predicted molar refractivity (Wildman–Crippen MR) is 152 cm³/mol. The number of amides is 1. The number of rotatable bonds is 7. The fourth-order valence-corrected chi connectivity index (χ4v) is 4.65. The summed E-state index contributed by atoms with van der Waals surface area (Å²) in [7, 11) is 1.55. The molecule has 1 amide bonds. The standard InChI is InChI=1S/C29H26N8O3/c1-17(33-25-21(16-32-29(30)35-25)27(38)36-13-14-36)26-34-22-10-6-9-20(18-11-12-31-23(15-18)40-2)24(22)28(39)37(26)19-7-4-3-5-8-19/h3-12,15-17H,13-14H2,1-2H3,(H3,30,32,33,35). The van der Waals surface area contributed by atoms with Crippen LogP contribution in [0, 0.1) is 0 Å². The molecule has 1 unspecified atom stereocenters. The average Bonchev–Trinajstić information content (AvgIpc) is 3.83. The molecule has 0 saturated carbocycles. The number of nitrogens with zero attached hydrogens (tertiary/aromatic N) is 6. The van der Waals surface area contributed by atoms with E-state index in [1.807, 2.05) is 61.5 Å². The zero-order chi connectivity index (χ0) is 27.8. The van der Waals surface area contributed by atoms with E-state index in [1.54, 1.807) is 28.8 Å². The zero-order valence-corrected chi connectivity index (χ0v) is 21.9. The van der Waals surface area contributed by atoms with Crippen LogP contribution >= 0.6 is 0 Å². The second-order valence-electron chi connectivity index (χ2n) is 9.38. The van der Waals surface area contributed by atoms with Crippen LogP contribution in [0.2, 0.25) is 0 Å². The number of aromatic nitrogens is 5. The van der Waals surface area contributed by atoms with Crippen molar-refractivity contribution in [3.63, 3.8) is 0 Å². The summed E-state index contributed by atoms with van der Waals surface area (Å²) in [6, 6.07) is 17.9. The Hall–Kier alpha value is -5.32. The zero-order valence-electron chi connectivity index (χ0n) is 21.9. The molecule has 5 aromatic rings. The summed E-state index contributed by atoms with van der Waals surface area (Å²) < 4.78 is 6.89. The third-order valence-corrected chi connectivity index (χ3v) is 6.71. The molecule has 0 aliphatic carbocycles. The average molecular weight is 535 g/mol. The Labute approximate surface area is 229 Å². The molecule has 1 aliphatic rings. The first kappa shape index (κ1) is 25.0. The number of ether oxygens (including phenoxy) is 1. The lowest BCUT2D eigenvalue weighted by Crippen LogP contribution is -2.28. The van der Waals surface area contributed by atoms with Crippen molar-refractivity contribution in [2.75, 3.05) is 31.2 Å². The van der Waals surface area contributed by atoms with Crippen molar-refractivity contribution in [2.24, 2.45) is 0 Å². The Morgan fingerprint density at radius 1 is 1.05 bits per heavy atom. The van der Waals surface area contributed by atoms with E-state index in [0.29, 0.717) is 52.5 Å². The first-order valence-electron chi connectivity index (χ1n) is 12.7. The smallest absolute Gasteiger partial charge is 0.266 e. The van der Waals surface area contributed by atoms with Crippen LogP contribution in [0.4, 0.5) is 11.8 Å². The van der Waals surface area contributed by atoms with Gasteiger partial charge in [-0.15, -0.1) is 0 Å². The number of carbonyl (C=O) groups is 1. The van der Waals surface area contributed by atoms with Crippen LogP contribution < -0.4 is 21.3 Å². The number of methoxy groups -OCH3 is 1. The van der Waals surface area contributed by atoms with Gasteiger partial charge in [-0.3, -0.25) is 14.2 Å². The maximum atomic E-state index is 14.3. The van der Waals surface area contributed by atoms with Crippen LogP contribution in [0.25, 0.3) is 27.7 Å². The molecule has 3 aromatic heterocycles. The number of pyridine rings is 1. The van der Waals surface area contributed by atoms with E-state index in [0.717, 1.165) is 5.56 Å². The Morgan fingerprint density at radius 2 is 1.85 bits per heavy atom. The highest BCUT2D eigenvalue weighted by Crippen LogP contribution is 2.30. The van der Waals surface area contributed by atoms with Crippen LogP contribution in [0.5, 0.6) is 5.88 Å². The SMILES string of the molecule is COc1cc(-c2cccc3nc(C(C)Nc4nc(N)ncc4C(=O)N4CC4)n(-c4ccccc4)c(=O)c23)ccn1. The van der Waals surface area contributed by atoms with E-state index in [4.69, 9.17) is 15.5 Å². The van der Waals surface area contributed by atoms with Crippen LogP contribution in [0.15, 0.2) is 77.9 Å². The minimum absolute atomic E-state index is 0.0291. The van der Waals surface area contributed by atoms with Crippen molar-refractivity contribution in [1.29, 1.82) is 0 Å². The molecule has 40 heavy (non-hydrogen) atoms. The van der Waals surface area contributed by atoms with E-state index in [9.17, 15) is 9.59 Å². The summed E-state index contributed by atoms with van der Waals surface area (Å²) in [5, 5.41) is 3.73. The maximum Gasteiger partial charge on any atom is 0.266 e. The van der Waals surface area contributed by atoms with Gasteiger partial charge in [0.25, 0.3) is 11.5 Å². The highest BCUT2D eigenvalue weighted by molar-refractivity contribution is 6.00. The minimum atomic E-state index is -0.544. The lowest BCUT2D eigenvalue weighted by atomic mass is 10.0. The molecule has 0 radical (unpaired) electrons. The number of hydrogen-bond acceptors (Lipinski definition) is 9. The summed E-state index contributed by atoms with van der Waals surface area (Å²) >= 11 is 0. The molecule has 2 aromatic carbocycles. The number of nitrogens with two attached hydrogens (primary N) is 1. The van der Waals surface area contributed by atoms with Crippen LogP contribution in [0.1, 0.15) is 29.1 Å². The van der Waals surface area contributed by atoms with E-state index < -0.39 is 6.04 Å². The van der Waals surface area contributed by atoms with Gasteiger partial charge in [-0.05, 0) is 42.3 Å². The van der Waals surface area contributed by atoms with Crippen molar-refractivity contribution in [2.45, 2.75) is 13.0 Å². The molecule has 1 aliphatic heterocycles. The minimum Gasteiger partial charge on any atom is -0.481 e. The quantitative estimate of drug-likeness (QED) is 0.300. The van der Waals surface area contributed by atoms with Gasteiger partial charge in [0.15, 0.2) is 0 Å². The van der Waals surface area contributed by atoms with E-state index >= 15 is 0 Å². The number of hydrogen-bond donors (Lipinski definition) is 2. The van der Waals surface area contributed by atoms with Gasteiger partial charge in [-0.25, -0.2) is 15.0 Å². The van der Waals surface area contributed by atoms with Crippen molar-refractivity contribution in [3.05, 3.63) is 94.8 Å². The Bertz CT molecular complexity index is 1800. The molecule has 1 fully saturated rings. The van der Waals surface area contributed by atoms with Gasteiger partial charge in [-0.2, -0.15) is 4.98 Å². The van der Waals surface area contributed by atoms with Gasteiger partial charge >= 0.3 is 0 Å². The predicted octanol–water partition coefficient (Wildman–Crippen LogP) is 3.46. The number of benzene rings is 2. The first-order valence-corrected chi connectivity index (χ1v) is 12.7. The monoisotopic (exact) mass is 534 g/mol. The Morgan fingerprint density at radius 3 is 2.60 bits per heavy atom. The third-order valence-electron chi connectivity index (χ3n) is 6.71. The van der Waals surface area contributed by atoms with Crippen molar-refractivity contribution in [1.82, 2.24) is 29.4 Å². The second-order valence-corrected chi connectivity index (χ2v) is 9.38. The Kier molecular flexibility index (Phi) is 6.31. The molecule has 11 heteroatoms. The third kappa shape index (κ3) is 4.57. The topological polar surface area (TPSA) is 141 Å². The molecule has 11 nitrogen and oxygen atoms in total. The molecule has 200 valence electrons. The second kappa shape index (κ2) is 10.1. The van der Waals surface area contributed by atoms with Crippen molar-refractivity contribution >= 4 is 28.6 Å². The molecule has 0 spiro atoms. The van der Waals surface area contributed by atoms with E-state index in [1.165, 1.54) is 6.20 Å². The fourth-order valence-electron chi connectivity index (χ4n) is 4.65. The summed E-state index contributed by atoms with van der Waals surface area (Å²) in [5.74, 6) is 1.01. The highest BCUT2D eigenvalue weighted by atomic mass is 16.5. The lowest BCUT2D eigenvalue weighted by molar-refractivity contribution is 0.0885. The summed E-state index contributed by atoms with van der Waals surface area (Å²) in [6.45, 7) is 3.22. The van der Waals surface area contributed by atoms with Crippen molar-refractivity contribution in [3.8, 4) is 22.7 Å². The van der Waals surface area contributed by atoms with Gasteiger partial charge in [0, 0.05) is 31.5 Å². The van der Waals surface area contributed by atoms with Gasteiger partial charge in [-0.1, -0.05) is 30.3 Å². The largest absolute Gasteiger partial charge is 0.481 e.